The Labute approximate surface area is 214 Å². The molecule has 0 saturated carbocycles. The van der Waals surface area contributed by atoms with Crippen LogP contribution in [-0.4, -0.2) is 41.1 Å². The van der Waals surface area contributed by atoms with Crippen LogP contribution in [0.5, 0.6) is 11.5 Å². The van der Waals surface area contributed by atoms with E-state index in [0.717, 1.165) is 15.6 Å². The van der Waals surface area contributed by atoms with Crippen LogP contribution in [0.3, 0.4) is 0 Å². The van der Waals surface area contributed by atoms with E-state index in [9.17, 15) is 13.2 Å². The molecule has 1 atom stereocenters. The maximum Gasteiger partial charge on any atom is 0.244 e. The van der Waals surface area contributed by atoms with Gasteiger partial charge in [-0.15, -0.1) is 0 Å². The van der Waals surface area contributed by atoms with Gasteiger partial charge in [0.2, 0.25) is 15.9 Å². The summed E-state index contributed by atoms with van der Waals surface area (Å²) in [6.45, 7) is 0.111. The Hall–Kier alpha value is -3.14. The number of methoxy groups -OCH3 is 2. The fourth-order valence-electron chi connectivity index (χ4n) is 3.37. The summed E-state index contributed by atoms with van der Waals surface area (Å²) >= 11 is 3.31. The molecular formula is C26H27BrN2O5S. The van der Waals surface area contributed by atoms with Gasteiger partial charge >= 0.3 is 0 Å². The molecule has 0 radical (unpaired) electrons. The van der Waals surface area contributed by atoms with Crippen LogP contribution in [0, 0.1) is 0 Å². The molecule has 184 valence electrons. The summed E-state index contributed by atoms with van der Waals surface area (Å²) < 4.78 is 39.9. The molecular weight excluding hydrogens is 532 g/mol. The average Bonchev–Trinajstić information content (AvgIpc) is 2.86. The molecule has 0 heterocycles. The number of rotatable bonds is 11. The summed E-state index contributed by atoms with van der Waals surface area (Å²) in [5.41, 5.74) is 1.71. The van der Waals surface area contributed by atoms with E-state index in [-0.39, 0.29) is 17.3 Å². The highest BCUT2D eigenvalue weighted by Crippen LogP contribution is 2.27. The first kappa shape index (κ1) is 26.5. The Balaban J connectivity index is 1.69. The highest BCUT2D eigenvalue weighted by Gasteiger charge is 2.21. The molecule has 0 aliphatic heterocycles. The van der Waals surface area contributed by atoms with Crippen LogP contribution in [0.4, 0.5) is 0 Å². The number of nitrogens with one attached hydrogen (secondary N) is 2. The third-order valence-electron chi connectivity index (χ3n) is 5.13. The van der Waals surface area contributed by atoms with E-state index in [1.807, 2.05) is 30.3 Å². The number of carbonyl (C=O) groups is 1. The Morgan fingerprint density at radius 1 is 0.971 bits per heavy atom. The number of sulfonamides is 1. The van der Waals surface area contributed by atoms with Gasteiger partial charge in [0.1, 0.15) is 0 Å². The van der Waals surface area contributed by atoms with E-state index in [1.165, 1.54) is 18.2 Å². The zero-order chi connectivity index (χ0) is 25.3. The number of benzene rings is 3. The molecule has 0 aliphatic carbocycles. The van der Waals surface area contributed by atoms with E-state index >= 15 is 0 Å². The molecule has 0 aliphatic rings. The number of ether oxygens (including phenoxy) is 2. The van der Waals surface area contributed by atoms with Gasteiger partial charge in [-0.3, -0.25) is 4.79 Å². The van der Waals surface area contributed by atoms with Crippen LogP contribution in [0.1, 0.15) is 11.1 Å². The first-order valence-corrected chi connectivity index (χ1v) is 13.1. The van der Waals surface area contributed by atoms with Gasteiger partial charge in [0.15, 0.2) is 11.5 Å². The molecule has 0 aromatic heterocycles. The molecule has 9 heteroatoms. The maximum atomic E-state index is 12.9. The lowest BCUT2D eigenvalue weighted by atomic mass is 10.1. The molecule has 0 fully saturated rings. The van der Waals surface area contributed by atoms with Crippen molar-refractivity contribution in [1.82, 2.24) is 10.0 Å². The van der Waals surface area contributed by atoms with E-state index < -0.39 is 16.1 Å². The Morgan fingerprint density at radius 2 is 1.66 bits per heavy atom. The number of carbonyl (C=O) groups excluding carboxylic acids is 1. The lowest BCUT2D eigenvalue weighted by Gasteiger charge is -2.19. The van der Waals surface area contributed by atoms with Crippen molar-refractivity contribution in [3.05, 3.63) is 94.5 Å². The normalized spacial score (nSPS) is 12.3. The molecule has 3 rings (SSSR count). The number of amides is 1. The second-order valence-corrected chi connectivity index (χ2v) is 10.3. The standard InChI is InChI=1S/C26H27BrN2O5S/c1-33-24-14-8-20(17-25(24)34-2)9-15-26(30)28-18-22(16-19-6-4-3-5-7-19)29-35(31,32)23-12-10-21(27)11-13-23/h3-15,17,22,29H,16,18H2,1-2H3,(H,28,30)/b15-9+/t22-/m0/s1. The molecule has 3 aromatic carbocycles. The van der Waals surface area contributed by atoms with E-state index in [0.29, 0.717) is 17.9 Å². The third-order valence-corrected chi connectivity index (χ3v) is 7.19. The molecule has 0 bridgehead atoms. The number of hydrogen-bond acceptors (Lipinski definition) is 5. The first-order valence-electron chi connectivity index (χ1n) is 10.8. The summed E-state index contributed by atoms with van der Waals surface area (Å²) in [5.74, 6) is 0.803. The Morgan fingerprint density at radius 3 is 2.31 bits per heavy atom. The lowest BCUT2D eigenvalue weighted by Crippen LogP contribution is -2.44. The zero-order valence-corrected chi connectivity index (χ0v) is 21.8. The summed E-state index contributed by atoms with van der Waals surface area (Å²) in [5, 5.41) is 2.79. The van der Waals surface area contributed by atoms with Crippen LogP contribution in [-0.2, 0) is 21.2 Å². The van der Waals surface area contributed by atoms with Gasteiger partial charge < -0.3 is 14.8 Å². The summed E-state index contributed by atoms with van der Waals surface area (Å²) in [6, 6.07) is 20.6. The second-order valence-electron chi connectivity index (χ2n) is 7.65. The van der Waals surface area contributed by atoms with Gasteiger partial charge in [-0.25, -0.2) is 13.1 Å². The van der Waals surface area contributed by atoms with Crippen LogP contribution in [0.15, 0.2) is 88.2 Å². The molecule has 2 N–H and O–H groups in total. The van der Waals surface area contributed by atoms with Crippen LogP contribution in [0.25, 0.3) is 6.08 Å². The van der Waals surface area contributed by atoms with Crippen molar-refractivity contribution in [2.45, 2.75) is 17.4 Å². The topological polar surface area (TPSA) is 93.7 Å². The molecule has 35 heavy (non-hydrogen) atoms. The van der Waals surface area contributed by atoms with Crippen LogP contribution < -0.4 is 19.5 Å². The fraction of sp³-hybridized carbons (Fsp3) is 0.192. The quantitative estimate of drug-likeness (QED) is 0.344. The predicted molar refractivity (Wildman–Crippen MR) is 140 cm³/mol. The molecule has 7 nitrogen and oxygen atoms in total. The minimum Gasteiger partial charge on any atom is -0.493 e. The summed E-state index contributed by atoms with van der Waals surface area (Å²) in [6.07, 6.45) is 3.45. The van der Waals surface area contributed by atoms with Crippen LogP contribution >= 0.6 is 15.9 Å². The van der Waals surface area contributed by atoms with Gasteiger partial charge in [0.05, 0.1) is 19.1 Å². The van der Waals surface area contributed by atoms with Crippen molar-refractivity contribution >= 4 is 37.9 Å². The largest absolute Gasteiger partial charge is 0.493 e. The van der Waals surface area contributed by atoms with Crippen molar-refractivity contribution in [1.29, 1.82) is 0 Å². The highest BCUT2D eigenvalue weighted by molar-refractivity contribution is 9.10. The lowest BCUT2D eigenvalue weighted by molar-refractivity contribution is -0.116. The third kappa shape index (κ3) is 7.95. The van der Waals surface area contributed by atoms with Gasteiger partial charge in [-0.2, -0.15) is 0 Å². The summed E-state index contributed by atoms with van der Waals surface area (Å²) in [4.78, 5) is 12.6. The highest BCUT2D eigenvalue weighted by atomic mass is 79.9. The van der Waals surface area contributed by atoms with Gasteiger partial charge in [0, 0.05) is 23.1 Å². The smallest absolute Gasteiger partial charge is 0.244 e. The molecule has 1 amide bonds. The molecule has 0 spiro atoms. The van der Waals surface area contributed by atoms with Crippen molar-refractivity contribution in [2.24, 2.45) is 0 Å². The fourth-order valence-corrected chi connectivity index (χ4v) is 4.87. The number of hydrogen-bond donors (Lipinski definition) is 2. The molecule has 0 unspecified atom stereocenters. The maximum absolute atomic E-state index is 12.9. The molecule has 0 saturated heterocycles. The zero-order valence-electron chi connectivity index (χ0n) is 19.4. The molecule has 3 aromatic rings. The summed E-state index contributed by atoms with van der Waals surface area (Å²) in [7, 11) is -0.685. The van der Waals surface area contributed by atoms with Crippen LogP contribution in [0.2, 0.25) is 0 Å². The van der Waals surface area contributed by atoms with E-state index in [1.54, 1.807) is 50.6 Å². The first-order chi connectivity index (χ1) is 16.8. The Bertz CT molecular complexity index is 1260. The average molecular weight is 559 g/mol. The van der Waals surface area contributed by atoms with E-state index in [2.05, 4.69) is 26.0 Å². The number of halogens is 1. The van der Waals surface area contributed by atoms with E-state index in [4.69, 9.17) is 9.47 Å². The van der Waals surface area contributed by atoms with Gasteiger partial charge in [-0.1, -0.05) is 52.3 Å². The minimum atomic E-state index is -3.78. The monoisotopic (exact) mass is 558 g/mol. The van der Waals surface area contributed by atoms with Crippen molar-refractivity contribution in [2.75, 3.05) is 20.8 Å². The van der Waals surface area contributed by atoms with Crippen molar-refractivity contribution < 1.29 is 22.7 Å². The van der Waals surface area contributed by atoms with Gasteiger partial charge in [-0.05, 0) is 60.0 Å². The minimum absolute atomic E-state index is 0.111. The van der Waals surface area contributed by atoms with Gasteiger partial charge in [0.25, 0.3) is 0 Å². The second kappa shape index (κ2) is 12.5. The van der Waals surface area contributed by atoms with Crippen molar-refractivity contribution in [3.63, 3.8) is 0 Å². The predicted octanol–water partition coefficient (Wildman–Crippen LogP) is 4.19. The SMILES string of the molecule is COc1ccc(/C=C/C(=O)NC[C@H](Cc2ccccc2)NS(=O)(=O)c2ccc(Br)cc2)cc1OC. The van der Waals surface area contributed by atoms with Crippen molar-refractivity contribution in [3.8, 4) is 11.5 Å². The Kier molecular flexibility index (Phi) is 9.47.